The van der Waals surface area contributed by atoms with Crippen LogP contribution in [0.25, 0.3) is 0 Å². The van der Waals surface area contributed by atoms with E-state index in [2.05, 4.69) is 24.8 Å². The maximum atomic E-state index is 14.7. The Morgan fingerprint density at radius 1 is 0.860 bits per heavy atom. The SMILES string of the molecule is CCN(CC)c1ccc(N2CC=C[C@]34S[C@]5(C)C=CCN(c6ccccc6)C(=O)[C@@H]5[C@H]3C(=O)N([C@H](C)CO)C4C2=O)cc1. The molecule has 1 unspecified atom stereocenters. The van der Waals surface area contributed by atoms with Gasteiger partial charge < -0.3 is 24.7 Å². The van der Waals surface area contributed by atoms with Gasteiger partial charge >= 0.3 is 0 Å². The van der Waals surface area contributed by atoms with Crippen LogP contribution in [0, 0.1) is 11.8 Å². The molecule has 4 aliphatic heterocycles. The van der Waals surface area contributed by atoms with Gasteiger partial charge in [0.15, 0.2) is 0 Å². The highest BCUT2D eigenvalue weighted by molar-refractivity contribution is 8.02. The Morgan fingerprint density at radius 3 is 2.09 bits per heavy atom. The summed E-state index contributed by atoms with van der Waals surface area (Å²) in [5, 5.41) is 10.3. The summed E-state index contributed by atoms with van der Waals surface area (Å²) in [4.78, 5) is 51.0. The van der Waals surface area contributed by atoms with E-state index in [1.165, 1.54) is 0 Å². The molecule has 0 bridgehead atoms. The van der Waals surface area contributed by atoms with Gasteiger partial charge in [-0.1, -0.05) is 42.5 Å². The van der Waals surface area contributed by atoms with Gasteiger partial charge in [-0.2, -0.15) is 0 Å². The standard InChI is InChI=1S/C34H40N4O4S/c1-5-35(6-2)24-14-16-26(17-15-24)37-21-11-19-34-28(31(41)38(23(3)22-39)29(34)32(37)42)27-30(40)36(25-12-8-7-9-13-25)20-10-18-33(27,4)43-34/h7-19,23,27-29,39H,5-6,20-22H2,1-4H3/t23-,27+,28+,29?,33-,34+/m1/s1. The molecule has 0 aliphatic carbocycles. The molecule has 9 heteroatoms. The molecule has 6 rings (SSSR count). The summed E-state index contributed by atoms with van der Waals surface area (Å²) < 4.78 is -1.66. The number of likely N-dealkylation sites (tertiary alicyclic amines) is 1. The molecule has 43 heavy (non-hydrogen) atoms. The molecule has 0 saturated carbocycles. The van der Waals surface area contributed by atoms with Crippen molar-refractivity contribution in [2.45, 2.75) is 49.3 Å². The van der Waals surface area contributed by atoms with E-state index in [0.717, 1.165) is 30.2 Å². The largest absolute Gasteiger partial charge is 0.394 e. The fourth-order valence-corrected chi connectivity index (χ4v) is 9.67. The average Bonchev–Trinajstić information content (AvgIpc) is 3.29. The molecule has 1 spiro atoms. The molecule has 0 aromatic heterocycles. The Morgan fingerprint density at radius 2 is 1.47 bits per heavy atom. The Labute approximate surface area is 258 Å². The smallest absolute Gasteiger partial charge is 0.251 e. The second-order valence-electron chi connectivity index (χ2n) is 12.0. The fourth-order valence-electron chi connectivity index (χ4n) is 7.53. The van der Waals surface area contributed by atoms with Gasteiger partial charge in [-0.25, -0.2) is 0 Å². The normalized spacial score (nSPS) is 30.6. The molecule has 4 heterocycles. The molecule has 1 N–H and O–H groups in total. The number of amides is 3. The third kappa shape index (κ3) is 4.51. The predicted molar refractivity (Wildman–Crippen MR) is 172 cm³/mol. The molecule has 2 aromatic carbocycles. The first-order valence-corrected chi connectivity index (χ1v) is 16.0. The predicted octanol–water partition coefficient (Wildman–Crippen LogP) is 4.11. The van der Waals surface area contributed by atoms with Crippen LogP contribution in [0.4, 0.5) is 17.1 Å². The lowest BCUT2D eigenvalue weighted by Gasteiger charge is -2.38. The zero-order chi connectivity index (χ0) is 30.5. The minimum Gasteiger partial charge on any atom is -0.394 e. The maximum Gasteiger partial charge on any atom is 0.251 e. The van der Waals surface area contributed by atoms with Gasteiger partial charge in [0, 0.05) is 48.0 Å². The van der Waals surface area contributed by atoms with E-state index in [0.29, 0.717) is 13.1 Å². The third-order valence-corrected chi connectivity index (χ3v) is 11.4. The molecule has 2 saturated heterocycles. The lowest BCUT2D eigenvalue weighted by molar-refractivity contribution is -0.141. The van der Waals surface area contributed by atoms with Gasteiger partial charge in [0.25, 0.3) is 5.91 Å². The second kappa shape index (κ2) is 11.2. The van der Waals surface area contributed by atoms with Gasteiger partial charge in [0.2, 0.25) is 11.8 Å². The molecule has 0 radical (unpaired) electrons. The number of anilines is 3. The molecule has 2 aromatic rings. The summed E-state index contributed by atoms with van der Waals surface area (Å²) in [5.74, 6) is -2.00. The van der Waals surface area contributed by atoms with E-state index in [9.17, 15) is 19.5 Å². The van der Waals surface area contributed by atoms with Crippen molar-refractivity contribution in [3.8, 4) is 0 Å². The first kappa shape index (κ1) is 29.5. The summed E-state index contributed by atoms with van der Waals surface area (Å²) in [6, 6.07) is 16.1. The number of rotatable bonds is 7. The lowest BCUT2D eigenvalue weighted by atomic mass is 9.74. The highest BCUT2D eigenvalue weighted by Gasteiger charge is 2.74. The molecule has 4 aliphatic rings. The Kier molecular flexibility index (Phi) is 7.67. The van der Waals surface area contributed by atoms with Crippen molar-refractivity contribution in [2.24, 2.45) is 11.8 Å². The number of carbonyl (C=O) groups is 3. The number of aliphatic hydroxyl groups excluding tert-OH is 1. The van der Waals surface area contributed by atoms with Crippen LogP contribution in [0.1, 0.15) is 27.7 Å². The van der Waals surface area contributed by atoms with Crippen LogP contribution in [0.2, 0.25) is 0 Å². The second-order valence-corrected chi connectivity index (χ2v) is 13.8. The number of benzene rings is 2. The third-order valence-electron chi connectivity index (χ3n) is 9.59. The Hall–Kier alpha value is -3.56. The van der Waals surface area contributed by atoms with Gasteiger partial charge in [0.05, 0.1) is 29.2 Å². The molecular weight excluding hydrogens is 560 g/mol. The van der Waals surface area contributed by atoms with Gasteiger partial charge in [-0.15, -0.1) is 11.8 Å². The van der Waals surface area contributed by atoms with Gasteiger partial charge in [-0.05, 0) is 64.1 Å². The summed E-state index contributed by atoms with van der Waals surface area (Å²) in [6.07, 6.45) is 8.07. The van der Waals surface area contributed by atoms with E-state index in [4.69, 9.17) is 0 Å². The summed E-state index contributed by atoms with van der Waals surface area (Å²) in [6.45, 7) is 10.3. The number of aliphatic hydroxyl groups is 1. The topological polar surface area (TPSA) is 84.4 Å². The number of hydrogen-bond donors (Lipinski definition) is 1. The first-order valence-electron chi connectivity index (χ1n) is 15.2. The number of hydrogen-bond acceptors (Lipinski definition) is 6. The lowest BCUT2D eigenvalue weighted by Crippen LogP contribution is -2.56. The summed E-state index contributed by atoms with van der Waals surface area (Å²) in [5.41, 5.74) is 2.62. The molecule has 6 atom stereocenters. The van der Waals surface area contributed by atoms with Crippen LogP contribution in [-0.2, 0) is 14.4 Å². The minimum atomic E-state index is -0.966. The van der Waals surface area contributed by atoms with E-state index >= 15 is 0 Å². The van der Waals surface area contributed by atoms with Crippen molar-refractivity contribution in [3.05, 3.63) is 78.9 Å². The number of carbonyl (C=O) groups excluding carboxylic acids is 3. The minimum absolute atomic E-state index is 0.118. The van der Waals surface area contributed by atoms with E-state index in [-0.39, 0.29) is 24.3 Å². The number of fused-ring (bicyclic) bond motifs is 2. The maximum absolute atomic E-state index is 14.7. The van der Waals surface area contributed by atoms with Crippen molar-refractivity contribution in [2.75, 3.05) is 47.5 Å². The summed E-state index contributed by atoms with van der Waals surface area (Å²) >= 11 is 1.56. The van der Waals surface area contributed by atoms with Crippen LogP contribution in [-0.4, -0.2) is 82.1 Å². The number of nitrogens with zero attached hydrogens (tertiary/aromatic N) is 4. The molecule has 3 amide bonds. The molecule has 2 fully saturated rings. The van der Waals surface area contributed by atoms with Crippen LogP contribution >= 0.6 is 11.8 Å². The van der Waals surface area contributed by atoms with E-state index < -0.39 is 33.4 Å². The van der Waals surface area contributed by atoms with Crippen molar-refractivity contribution < 1.29 is 19.5 Å². The van der Waals surface area contributed by atoms with Gasteiger partial charge in [-0.3, -0.25) is 14.4 Å². The van der Waals surface area contributed by atoms with Crippen LogP contribution in [0.3, 0.4) is 0 Å². The van der Waals surface area contributed by atoms with Crippen LogP contribution in [0.5, 0.6) is 0 Å². The zero-order valence-electron chi connectivity index (χ0n) is 25.2. The first-order chi connectivity index (χ1) is 20.7. The fraction of sp³-hybridized carbons (Fsp3) is 0.441. The van der Waals surface area contributed by atoms with E-state index in [1.807, 2.05) is 79.7 Å². The zero-order valence-corrected chi connectivity index (χ0v) is 26.0. The van der Waals surface area contributed by atoms with Crippen LogP contribution in [0.15, 0.2) is 78.9 Å². The van der Waals surface area contributed by atoms with Crippen LogP contribution < -0.4 is 14.7 Å². The number of para-hydroxylation sites is 1. The number of thioether (sulfide) groups is 1. The van der Waals surface area contributed by atoms with Crippen molar-refractivity contribution in [1.29, 1.82) is 0 Å². The quantitative estimate of drug-likeness (QED) is 0.482. The average molecular weight is 601 g/mol. The molecule has 226 valence electrons. The van der Waals surface area contributed by atoms with E-state index in [1.54, 1.807) is 33.4 Å². The monoisotopic (exact) mass is 600 g/mol. The Bertz CT molecular complexity index is 1460. The van der Waals surface area contributed by atoms with Crippen molar-refractivity contribution in [3.63, 3.8) is 0 Å². The summed E-state index contributed by atoms with van der Waals surface area (Å²) in [7, 11) is 0. The highest BCUT2D eigenvalue weighted by Crippen LogP contribution is 2.66. The van der Waals surface area contributed by atoms with Gasteiger partial charge in [0.1, 0.15) is 6.04 Å². The molecular formula is C34H40N4O4S. The molecule has 8 nitrogen and oxygen atoms in total. The van der Waals surface area contributed by atoms with Crippen molar-refractivity contribution in [1.82, 2.24) is 4.90 Å². The highest BCUT2D eigenvalue weighted by atomic mass is 32.2. The van der Waals surface area contributed by atoms with Crippen molar-refractivity contribution >= 4 is 46.5 Å². The Balaban J connectivity index is 1.43.